The van der Waals surface area contributed by atoms with Crippen LogP contribution in [0.25, 0.3) is 0 Å². The third-order valence-corrected chi connectivity index (χ3v) is 1.88. The van der Waals surface area contributed by atoms with Gasteiger partial charge in [-0.05, 0) is 6.07 Å². The van der Waals surface area contributed by atoms with Crippen LogP contribution in [0, 0.1) is 0 Å². The van der Waals surface area contributed by atoms with E-state index in [1.54, 1.807) is 0 Å². The lowest BCUT2D eigenvalue weighted by atomic mass is 10.0. The van der Waals surface area contributed by atoms with Gasteiger partial charge in [0.1, 0.15) is 17.8 Å². The average Bonchev–Trinajstić information content (AvgIpc) is 2.12. The molecule has 12 heavy (non-hydrogen) atoms. The molecule has 3 N–H and O–H groups in total. The summed E-state index contributed by atoms with van der Waals surface area (Å²) in [7, 11) is 0. The predicted molar refractivity (Wildman–Crippen MR) is 44.7 cm³/mol. The van der Waals surface area contributed by atoms with Crippen molar-refractivity contribution in [1.82, 2.24) is 0 Å². The maximum Gasteiger partial charge on any atom is 0.149 e. The Morgan fingerprint density at radius 3 is 2.92 bits per heavy atom. The second kappa shape index (κ2) is 2.53. The van der Waals surface area contributed by atoms with E-state index in [4.69, 9.17) is 10.5 Å². The second-order valence-electron chi connectivity index (χ2n) is 2.68. The van der Waals surface area contributed by atoms with Crippen LogP contribution in [0.5, 0.6) is 5.75 Å². The monoisotopic (exact) mass is 163 g/mol. The summed E-state index contributed by atoms with van der Waals surface area (Å²) in [4.78, 5) is 0. The molecular formula is C9H9NO2. The van der Waals surface area contributed by atoms with E-state index < -0.39 is 6.04 Å². The molecule has 0 fully saturated rings. The Labute approximate surface area is 70.1 Å². The third-order valence-electron chi connectivity index (χ3n) is 1.88. The number of aliphatic hydroxyl groups is 1. The van der Waals surface area contributed by atoms with Crippen LogP contribution in [0.1, 0.15) is 11.6 Å². The fourth-order valence-electron chi connectivity index (χ4n) is 1.20. The first-order chi connectivity index (χ1) is 5.79. The Kier molecular flexibility index (Phi) is 1.52. The molecule has 0 spiro atoms. The topological polar surface area (TPSA) is 55.5 Å². The minimum Gasteiger partial charge on any atom is -0.507 e. The molecule has 1 atom stereocenters. The van der Waals surface area contributed by atoms with Gasteiger partial charge in [-0.3, -0.25) is 0 Å². The number of hydrogen-bond acceptors (Lipinski definition) is 3. The molecule has 0 radical (unpaired) electrons. The molecule has 2 rings (SSSR count). The van der Waals surface area contributed by atoms with Crippen LogP contribution in [0.4, 0.5) is 0 Å². The zero-order valence-electron chi connectivity index (χ0n) is 6.40. The zero-order chi connectivity index (χ0) is 8.55. The summed E-state index contributed by atoms with van der Waals surface area (Å²) in [5.41, 5.74) is 6.51. The molecule has 3 heteroatoms. The first-order valence-electron chi connectivity index (χ1n) is 3.69. The van der Waals surface area contributed by atoms with Crippen molar-refractivity contribution in [3.63, 3.8) is 0 Å². The number of ether oxygens (including phenoxy) is 1. The van der Waals surface area contributed by atoms with Crippen LogP contribution >= 0.6 is 0 Å². The third kappa shape index (κ3) is 0.950. The van der Waals surface area contributed by atoms with Crippen LogP contribution in [-0.4, -0.2) is 5.11 Å². The molecule has 1 unspecified atom stereocenters. The van der Waals surface area contributed by atoms with Gasteiger partial charge in [0.15, 0.2) is 0 Å². The van der Waals surface area contributed by atoms with Gasteiger partial charge in [0.25, 0.3) is 0 Å². The Balaban J connectivity index is 2.49. The molecule has 0 aromatic heterocycles. The van der Waals surface area contributed by atoms with E-state index in [0.29, 0.717) is 5.75 Å². The standard InChI is InChI=1S/C9H9NO2/c10-9-6-3-1-2-4-8(6)12-5-7(9)11/h1-5,9,11H,10H2. The highest BCUT2D eigenvalue weighted by Crippen LogP contribution is 2.30. The summed E-state index contributed by atoms with van der Waals surface area (Å²) in [5, 5.41) is 9.24. The number of para-hydroxylation sites is 1. The number of nitrogens with two attached hydrogens (primary N) is 1. The minimum atomic E-state index is -0.449. The van der Waals surface area contributed by atoms with E-state index >= 15 is 0 Å². The van der Waals surface area contributed by atoms with Crippen LogP contribution < -0.4 is 10.5 Å². The lowest BCUT2D eigenvalue weighted by Gasteiger charge is -2.19. The molecule has 0 aliphatic carbocycles. The number of aliphatic hydroxyl groups excluding tert-OH is 1. The number of hydrogen-bond donors (Lipinski definition) is 2. The van der Waals surface area contributed by atoms with Crippen molar-refractivity contribution in [3.8, 4) is 5.75 Å². The van der Waals surface area contributed by atoms with Gasteiger partial charge in [0.2, 0.25) is 0 Å². The summed E-state index contributed by atoms with van der Waals surface area (Å²) < 4.78 is 5.11. The SMILES string of the molecule is NC1C(O)=COc2ccccc21. The molecular weight excluding hydrogens is 154 g/mol. The fourth-order valence-corrected chi connectivity index (χ4v) is 1.20. The summed E-state index contributed by atoms with van der Waals surface area (Å²) >= 11 is 0. The Hall–Kier alpha value is -1.48. The highest BCUT2D eigenvalue weighted by molar-refractivity contribution is 5.41. The largest absolute Gasteiger partial charge is 0.507 e. The van der Waals surface area contributed by atoms with Crippen molar-refractivity contribution in [1.29, 1.82) is 0 Å². The van der Waals surface area contributed by atoms with E-state index in [0.717, 1.165) is 5.56 Å². The Morgan fingerprint density at radius 1 is 1.33 bits per heavy atom. The van der Waals surface area contributed by atoms with Crippen molar-refractivity contribution < 1.29 is 9.84 Å². The lowest BCUT2D eigenvalue weighted by molar-refractivity contribution is 0.314. The molecule has 0 bridgehead atoms. The molecule has 0 amide bonds. The second-order valence-corrected chi connectivity index (χ2v) is 2.68. The van der Waals surface area contributed by atoms with Gasteiger partial charge in [-0.15, -0.1) is 0 Å². The normalized spacial score (nSPS) is 20.8. The molecule has 0 saturated carbocycles. The predicted octanol–water partition coefficient (Wildman–Crippen LogP) is 1.48. The van der Waals surface area contributed by atoms with E-state index in [1.165, 1.54) is 6.26 Å². The Morgan fingerprint density at radius 2 is 2.08 bits per heavy atom. The molecule has 62 valence electrons. The molecule has 3 nitrogen and oxygen atoms in total. The smallest absolute Gasteiger partial charge is 0.149 e. The number of rotatable bonds is 0. The lowest BCUT2D eigenvalue weighted by Crippen LogP contribution is -2.17. The minimum absolute atomic E-state index is 0.0636. The van der Waals surface area contributed by atoms with Crippen molar-refractivity contribution in [2.45, 2.75) is 6.04 Å². The van der Waals surface area contributed by atoms with Crippen LogP contribution in [-0.2, 0) is 0 Å². The van der Waals surface area contributed by atoms with Gasteiger partial charge in [0, 0.05) is 5.56 Å². The summed E-state index contributed by atoms with van der Waals surface area (Å²) in [6.45, 7) is 0. The first-order valence-corrected chi connectivity index (χ1v) is 3.69. The van der Waals surface area contributed by atoms with Crippen LogP contribution in [0.3, 0.4) is 0 Å². The zero-order valence-corrected chi connectivity index (χ0v) is 6.40. The molecule has 1 aliphatic heterocycles. The van der Waals surface area contributed by atoms with Crippen molar-refractivity contribution in [3.05, 3.63) is 41.9 Å². The van der Waals surface area contributed by atoms with Gasteiger partial charge in [0.05, 0.1) is 6.04 Å². The van der Waals surface area contributed by atoms with Crippen molar-refractivity contribution in [2.75, 3.05) is 0 Å². The van der Waals surface area contributed by atoms with Crippen LogP contribution in [0.15, 0.2) is 36.3 Å². The van der Waals surface area contributed by atoms with E-state index in [2.05, 4.69) is 0 Å². The molecule has 1 aromatic rings. The maximum absolute atomic E-state index is 9.24. The van der Waals surface area contributed by atoms with Crippen LogP contribution in [0.2, 0.25) is 0 Å². The quantitative estimate of drug-likeness (QED) is 0.609. The average molecular weight is 163 g/mol. The number of fused-ring (bicyclic) bond motifs is 1. The summed E-state index contributed by atoms with van der Waals surface area (Å²) in [6, 6.07) is 6.93. The fraction of sp³-hybridized carbons (Fsp3) is 0.111. The highest BCUT2D eigenvalue weighted by atomic mass is 16.5. The van der Waals surface area contributed by atoms with Gasteiger partial charge >= 0.3 is 0 Å². The molecule has 1 aliphatic rings. The van der Waals surface area contributed by atoms with Gasteiger partial charge in [-0.2, -0.15) is 0 Å². The van der Waals surface area contributed by atoms with E-state index in [-0.39, 0.29) is 5.76 Å². The van der Waals surface area contributed by atoms with E-state index in [9.17, 15) is 5.11 Å². The van der Waals surface area contributed by atoms with Gasteiger partial charge in [-0.1, -0.05) is 18.2 Å². The highest BCUT2D eigenvalue weighted by Gasteiger charge is 2.19. The molecule has 1 heterocycles. The summed E-state index contributed by atoms with van der Waals surface area (Å²) in [6.07, 6.45) is 1.27. The number of benzene rings is 1. The van der Waals surface area contributed by atoms with Gasteiger partial charge in [-0.25, -0.2) is 0 Å². The Bertz CT molecular complexity index is 333. The first kappa shape index (κ1) is 7.18. The molecule has 0 saturated heterocycles. The van der Waals surface area contributed by atoms with E-state index in [1.807, 2.05) is 24.3 Å². The van der Waals surface area contributed by atoms with Gasteiger partial charge < -0.3 is 15.6 Å². The molecule has 1 aromatic carbocycles. The maximum atomic E-state index is 9.24. The van der Waals surface area contributed by atoms with Crippen molar-refractivity contribution >= 4 is 0 Å². The van der Waals surface area contributed by atoms with Crippen molar-refractivity contribution in [2.24, 2.45) is 5.73 Å². The summed E-state index contributed by atoms with van der Waals surface area (Å²) in [5.74, 6) is 0.775.